The number of rotatable bonds is 3. The molecular weight excluding hydrogens is 462 g/mol. The summed E-state index contributed by atoms with van der Waals surface area (Å²) in [6.07, 6.45) is 4.57. The highest BCUT2D eigenvalue weighted by Gasteiger charge is 2.24. The standard InChI is InChI=1S/C35H25N3/c1-2-12-24(13-3-1)25-22-34(37-30-18-8-4-14-26(30)27-15-5-9-19-31(27)37)36-35(23-25)38-32-20-10-6-16-28(32)29-17-7-11-21-33(29)38/h1-23,34,36H. The van der Waals surface area contributed by atoms with Gasteiger partial charge in [-0.15, -0.1) is 0 Å². The van der Waals surface area contributed by atoms with Crippen molar-refractivity contribution in [1.29, 1.82) is 0 Å². The smallest absolute Gasteiger partial charge is 0.125 e. The molecule has 8 rings (SSSR count). The molecule has 3 heteroatoms. The van der Waals surface area contributed by atoms with Gasteiger partial charge in [-0.1, -0.05) is 103 Å². The summed E-state index contributed by atoms with van der Waals surface area (Å²) in [5.74, 6) is 1.07. The monoisotopic (exact) mass is 487 g/mol. The van der Waals surface area contributed by atoms with Gasteiger partial charge in [0.2, 0.25) is 0 Å². The van der Waals surface area contributed by atoms with Crippen molar-refractivity contribution in [1.82, 2.24) is 14.5 Å². The molecule has 0 amide bonds. The SMILES string of the molecule is C1=C(c2ccccc2)C=C(n2c3ccccc3c3ccccc32)NC1n1c2ccccc2c2ccccc21. The minimum absolute atomic E-state index is 0.0741. The molecule has 0 aliphatic carbocycles. The van der Waals surface area contributed by atoms with Crippen LogP contribution in [0.1, 0.15) is 11.7 Å². The zero-order valence-corrected chi connectivity index (χ0v) is 20.8. The van der Waals surface area contributed by atoms with Crippen molar-refractivity contribution in [3.8, 4) is 0 Å². The predicted octanol–water partition coefficient (Wildman–Crippen LogP) is 8.59. The van der Waals surface area contributed by atoms with Crippen molar-refractivity contribution >= 4 is 55.0 Å². The number of para-hydroxylation sites is 4. The third kappa shape index (κ3) is 3.09. The van der Waals surface area contributed by atoms with E-state index in [4.69, 9.17) is 0 Å². The van der Waals surface area contributed by atoms with Crippen LogP contribution in [-0.2, 0) is 0 Å². The molecule has 3 heterocycles. The van der Waals surface area contributed by atoms with Crippen LogP contribution in [0.15, 0.2) is 140 Å². The molecule has 1 aliphatic heterocycles. The van der Waals surface area contributed by atoms with Gasteiger partial charge in [-0.05, 0) is 47.6 Å². The first-order valence-electron chi connectivity index (χ1n) is 13.1. The van der Waals surface area contributed by atoms with Crippen LogP contribution in [0.3, 0.4) is 0 Å². The van der Waals surface area contributed by atoms with E-state index in [-0.39, 0.29) is 6.17 Å². The topological polar surface area (TPSA) is 21.9 Å². The fourth-order valence-corrected chi connectivity index (χ4v) is 6.11. The fraction of sp³-hybridized carbons (Fsp3) is 0.0286. The van der Waals surface area contributed by atoms with Crippen LogP contribution < -0.4 is 5.32 Å². The van der Waals surface area contributed by atoms with Gasteiger partial charge in [0.1, 0.15) is 12.0 Å². The number of nitrogens with zero attached hydrogens (tertiary/aromatic N) is 2. The molecule has 0 fully saturated rings. The van der Waals surface area contributed by atoms with Crippen molar-refractivity contribution < 1.29 is 0 Å². The van der Waals surface area contributed by atoms with E-state index in [1.807, 2.05) is 0 Å². The Morgan fingerprint density at radius 3 is 1.47 bits per heavy atom. The molecule has 1 unspecified atom stereocenters. The molecule has 1 atom stereocenters. The summed E-state index contributed by atoms with van der Waals surface area (Å²) in [5.41, 5.74) is 7.24. The second-order valence-electron chi connectivity index (χ2n) is 9.88. The number of hydrogen-bond donors (Lipinski definition) is 1. The van der Waals surface area contributed by atoms with Gasteiger partial charge in [-0.25, -0.2) is 0 Å². The molecule has 0 saturated heterocycles. The van der Waals surface area contributed by atoms with Crippen LogP contribution in [0.5, 0.6) is 0 Å². The Balaban J connectivity index is 1.41. The quantitative estimate of drug-likeness (QED) is 0.265. The number of benzene rings is 5. The second-order valence-corrected chi connectivity index (χ2v) is 9.88. The van der Waals surface area contributed by atoms with E-state index in [1.165, 1.54) is 54.7 Å². The average molecular weight is 488 g/mol. The molecule has 180 valence electrons. The highest BCUT2D eigenvalue weighted by molar-refractivity contribution is 6.11. The summed E-state index contributed by atoms with van der Waals surface area (Å²) < 4.78 is 4.82. The summed E-state index contributed by atoms with van der Waals surface area (Å²) in [4.78, 5) is 0. The van der Waals surface area contributed by atoms with Gasteiger partial charge < -0.3 is 9.88 Å². The lowest BCUT2D eigenvalue weighted by atomic mass is 10.0. The van der Waals surface area contributed by atoms with Crippen LogP contribution in [-0.4, -0.2) is 9.13 Å². The molecule has 0 spiro atoms. The molecule has 5 aromatic carbocycles. The number of fused-ring (bicyclic) bond motifs is 6. The average Bonchev–Trinajstić information content (AvgIpc) is 3.51. The molecule has 0 bridgehead atoms. The van der Waals surface area contributed by atoms with E-state index in [9.17, 15) is 0 Å². The largest absolute Gasteiger partial charge is 0.347 e. The van der Waals surface area contributed by atoms with Gasteiger partial charge in [0, 0.05) is 21.5 Å². The first kappa shape index (κ1) is 21.1. The van der Waals surface area contributed by atoms with Crippen LogP contribution >= 0.6 is 0 Å². The Labute approximate surface area is 220 Å². The minimum atomic E-state index is -0.0741. The zero-order chi connectivity index (χ0) is 25.1. The number of hydrogen-bond acceptors (Lipinski definition) is 1. The van der Waals surface area contributed by atoms with Crippen LogP contribution in [0.2, 0.25) is 0 Å². The summed E-state index contributed by atoms with van der Waals surface area (Å²) in [5, 5.41) is 9.00. The minimum Gasteiger partial charge on any atom is -0.347 e. The van der Waals surface area contributed by atoms with Gasteiger partial charge in [-0.3, -0.25) is 4.57 Å². The number of dihydropyridines is 1. The summed E-state index contributed by atoms with van der Waals surface area (Å²) in [6, 6.07) is 45.5. The first-order chi connectivity index (χ1) is 18.9. The van der Waals surface area contributed by atoms with Crippen LogP contribution in [0.25, 0.3) is 55.0 Å². The lowest BCUT2D eigenvalue weighted by Gasteiger charge is -2.28. The number of aromatic nitrogens is 2. The van der Waals surface area contributed by atoms with Crippen molar-refractivity contribution in [3.63, 3.8) is 0 Å². The molecule has 1 N–H and O–H groups in total. The maximum Gasteiger partial charge on any atom is 0.125 e. The lowest BCUT2D eigenvalue weighted by molar-refractivity contribution is 0.579. The van der Waals surface area contributed by atoms with E-state index < -0.39 is 0 Å². The summed E-state index contributed by atoms with van der Waals surface area (Å²) in [7, 11) is 0. The molecule has 0 radical (unpaired) electrons. The Kier molecular flexibility index (Phi) is 4.58. The molecule has 1 aliphatic rings. The molecule has 2 aromatic heterocycles. The maximum absolute atomic E-state index is 3.94. The first-order valence-corrected chi connectivity index (χ1v) is 13.1. The molecular formula is C35H25N3. The van der Waals surface area contributed by atoms with Crippen LogP contribution in [0, 0.1) is 0 Å². The molecule has 38 heavy (non-hydrogen) atoms. The molecule has 7 aromatic rings. The highest BCUT2D eigenvalue weighted by atomic mass is 15.3. The maximum atomic E-state index is 3.94. The Morgan fingerprint density at radius 1 is 0.474 bits per heavy atom. The predicted molar refractivity (Wildman–Crippen MR) is 160 cm³/mol. The van der Waals surface area contributed by atoms with Gasteiger partial charge in [-0.2, -0.15) is 0 Å². The van der Waals surface area contributed by atoms with Crippen molar-refractivity contribution in [2.24, 2.45) is 0 Å². The van der Waals surface area contributed by atoms with E-state index in [1.54, 1.807) is 0 Å². The van der Waals surface area contributed by atoms with Gasteiger partial charge in [0.25, 0.3) is 0 Å². The number of allylic oxidation sites excluding steroid dienone is 2. The molecule has 0 saturated carbocycles. The van der Waals surface area contributed by atoms with Crippen molar-refractivity contribution in [2.45, 2.75) is 6.17 Å². The summed E-state index contributed by atoms with van der Waals surface area (Å²) >= 11 is 0. The van der Waals surface area contributed by atoms with E-state index in [0.717, 1.165) is 5.82 Å². The normalized spacial score (nSPS) is 15.6. The van der Waals surface area contributed by atoms with Crippen molar-refractivity contribution in [2.75, 3.05) is 0 Å². The van der Waals surface area contributed by atoms with Gasteiger partial charge in [0.05, 0.1) is 22.1 Å². The second kappa shape index (κ2) is 8.25. The fourth-order valence-electron chi connectivity index (χ4n) is 6.11. The Hall–Kier alpha value is -5.02. The number of nitrogens with one attached hydrogen (secondary N) is 1. The third-order valence-electron chi connectivity index (χ3n) is 7.75. The highest BCUT2D eigenvalue weighted by Crippen LogP contribution is 2.38. The zero-order valence-electron chi connectivity index (χ0n) is 20.8. The van der Waals surface area contributed by atoms with E-state index >= 15 is 0 Å². The molecule has 3 nitrogen and oxygen atoms in total. The summed E-state index contributed by atoms with van der Waals surface area (Å²) in [6.45, 7) is 0. The van der Waals surface area contributed by atoms with Gasteiger partial charge in [0.15, 0.2) is 0 Å². The van der Waals surface area contributed by atoms with Crippen LogP contribution in [0.4, 0.5) is 0 Å². The van der Waals surface area contributed by atoms with E-state index in [2.05, 4.69) is 154 Å². The van der Waals surface area contributed by atoms with Crippen molar-refractivity contribution in [3.05, 3.63) is 145 Å². The lowest BCUT2D eigenvalue weighted by Crippen LogP contribution is -2.29. The van der Waals surface area contributed by atoms with E-state index in [0.29, 0.717) is 0 Å². The third-order valence-corrected chi connectivity index (χ3v) is 7.75. The Morgan fingerprint density at radius 2 is 0.921 bits per heavy atom. The Bertz CT molecular complexity index is 1950. The van der Waals surface area contributed by atoms with Gasteiger partial charge >= 0.3 is 0 Å².